The van der Waals surface area contributed by atoms with Gasteiger partial charge in [-0.3, -0.25) is 9.46 Å². The summed E-state index contributed by atoms with van der Waals surface area (Å²) in [6.07, 6.45) is 9.91. The van der Waals surface area contributed by atoms with Crippen LogP contribution in [0.2, 0.25) is 0 Å². The summed E-state index contributed by atoms with van der Waals surface area (Å²) in [6.45, 7) is 21.8. The topological polar surface area (TPSA) is 178 Å². The molecule has 4 rings (SSSR count). The maximum Gasteiger partial charge on any atom is 0.410 e. The van der Waals surface area contributed by atoms with E-state index >= 15 is 0 Å². The highest BCUT2D eigenvalue weighted by Crippen LogP contribution is 2.47. The molecule has 2 aliphatic carbocycles. The molecule has 2 amide bonds. The molecule has 0 atom stereocenters. The molecule has 0 spiro atoms. The smallest absolute Gasteiger partial charge is 0.410 e. The molecule has 1 aliphatic heterocycles. The van der Waals surface area contributed by atoms with Crippen LogP contribution < -0.4 is 16.0 Å². The third-order valence-corrected chi connectivity index (χ3v) is 12.8. The lowest BCUT2D eigenvalue weighted by atomic mass is 9.81. The molecule has 2 saturated carbocycles. The Labute approximate surface area is 342 Å². The average molecular weight is 824 g/mol. The second kappa shape index (κ2) is 21.9. The monoisotopic (exact) mass is 824 g/mol. The molecule has 57 heavy (non-hydrogen) atoms. The highest BCUT2D eigenvalue weighted by Gasteiger charge is 2.32. The van der Waals surface area contributed by atoms with Gasteiger partial charge in [-0.25, -0.2) is 9.59 Å². The van der Waals surface area contributed by atoms with Crippen molar-refractivity contribution >= 4 is 37.6 Å². The summed E-state index contributed by atoms with van der Waals surface area (Å²) in [4.78, 5) is 48.5. The van der Waals surface area contributed by atoms with Crippen LogP contribution >= 0.6 is 7.60 Å². The molecule has 2 heterocycles. The van der Waals surface area contributed by atoms with E-state index in [4.69, 9.17) is 29.2 Å². The van der Waals surface area contributed by atoms with Crippen LogP contribution in [-0.2, 0) is 23.1 Å². The second-order valence-electron chi connectivity index (χ2n) is 17.8. The van der Waals surface area contributed by atoms with Gasteiger partial charge in [0.15, 0.2) is 0 Å². The van der Waals surface area contributed by atoms with Crippen molar-refractivity contribution in [2.75, 3.05) is 94.2 Å². The van der Waals surface area contributed by atoms with Crippen molar-refractivity contribution in [2.24, 2.45) is 11.8 Å². The van der Waals surface area contributed by atoms with E-state index in [0.29, 0.717) is 88.8 Å². The number of carbonyl (C=O) groups is 2. The van der Waals surface area contributed by atoms with Gasteiger partial charge in [-0.1, -0.05) is 19.3 Å². The van der Waals surface area contributed by atoms with Gasteiger partial charge in [0.1, 0.15) is 11.2 Å². The fraction of sp³-hybridized carbons (Fsp3) is 0.875. The van der Waals surface area contributed by atoms with Crippen molar-refractivity contribution in [3.63, 3.8) is 0 Å². The van der Waals surface area contributed by atoms with E-state index < -0.39 is 18.8 Å². The predicted molar refractivity (Wildman–Crippen MR) is 225 cm³/mol. The van der Waals surface area contributed by atoms with E-state index in [0.717, 1.165) is 71.0 Å². The maximum absolute atomic E-state index is 13.5. The molecule has 0 aromatic carbocycles. The van der Waals surface area contributed by atoms with E-state index in [2.05, 4.69) is 25.1 Å². The van der Waals surface area contributed by atoms with Crippen molar-refractivity contribution in [2.45, 2.75) is 137 Å². The van der Waals surface area contributed by atoms with Crippen LogP contribution in [0, 0.1) is 11.8 Å². The normalized spacial score (nSPS) is 20.2. The third kappa shape index (κ3) is 16.3. The molecule has 1 aromatic heterocycles. The van der Waals surface area contributed by atoms with Crippen LogP contribution in [0.1, 0.15) is 120 Å². The van der Waals surface area contributed by atoms with Gasteiger partial charge in [-0.2, -0.15) is 15.0 Å². The van der Waals surface area contributed by atoms with Crippen LogP contribution in [0.15, 0.2) is 0 Å². The zero-order valence-electron chi connectivity index (χ0n) is 36.3. The Morgan fingerprint density at radius 3 is 2.00 bits per heavy atom. The number of nitrogen functional groups attached to an aromatic ring is 1. The molecule has 17 heteroatoms. The molecule has 3 fully saturated rings. The summed E-state index contributed by atoms with van der Waals surface area (Å²) in [5.41, 5.74) is 4.98. The molecule has 16 nitrogen and oxygen atoms in total. The number of hydrogen-bond acceptors (Lipinski definition) is 14. The number of anilines is 3. The molecule has 0 bridgehead atoms. The Morgan fingerprint density at radius 1 is 0.807 bits per heavy atom. The molecule has 1 aromatic rings. The molecule has 0 unspecified atom stereocenters. The number of rotatable bonds is 18. The largest absolute Gasteiger partial charge is 0.444 e. The van der Waals surface area contributed by atoms with E-state index in [9.17, 15) is 14.2 Å². The molecular weight excluding hydrogens is 749 g/mol. The summed E-state index contributed by atoms with van der Waals surface area (Å²) >= 11 is 0. The van der Waals surface area contributed by atoms with Crippen molar-refractivity contribution in [3.05, 3.63) is 0 Å². The van der Waals surface area contributed by atoms with E-state index in [1.807, 2.05) is 65.2 Å². The number of nitrogens with two attached hydrogens (primary N) is 1. The number of piperazine rings is 1. The van der Waals surface area contributed by atoms with E-state index in [1.54, 1.807) is 0 Å². The summed E-state index contributed by atoms with van der Waals surface area (Å²) in [7, 11) is -3.08. The first-order valence-corrected chi connectivity index (χ1v) is 23.3. The lowest BCUT2D eigenvalue weighted by Crippen LogP contribution is -2.47. The number of nitrogens with zero attached hydrogens (tertiary/aromatic N) is 7. The Bertz CT molecular complexity index is 1430. The molecule has 326 valence electrons. The number of nitrogens with one attached hydrogen (secondary N) is 1. The third-order valence-electron chi connectivity index (χ3n) is 10.8. The molecule has 3 aliphatic rings. The summed E-state index contributed by atoms with van der Waals surface area (Å²) in [6, 6.07) is 0.176. The van der Waals surface area contributed by atoms with Gasteiger partial charge in [-0.15, -0.1) is 0 Å². The van der Waals surface area contributed by atoms with Crippen molar-refractivity contribution in [1.29, 1.82) is 0 Å². The first-order chi connectivity index (χ1) is 27.0. The van der Waals surface area contributed by atoms with E-state index in [-0.39, 0.29) is 24.2 Å². The summed E-state index contributed by atoms with van der Waals surface area (Å²) < 4.78 is 35.5. The number of hydrogen-bond donors (Lipinski definition) is 2. The zero-order chi connectivity index (χ0) is 41.6. The SMILES string of the molecule is CCOP(=O)(CCN1CCN(c2nc(N)nc(NCC3CCC(CN(CCCN(C(=O)OC(C)(C)C)C4CCCCC4)C(=O)OC(C)(C)C)CC3)n2)CC1)OCC. The predicted octanol–water partition coefficient (Wildman–Crippen LogP) is 7.26. The van der Waals surface area contributed by atoms with Crippen LogP contribution in [0.4, 0.5) is 27.4 Å². The lowest BCUT2D eigenvalue weighted by Gasteiger charge is -2.37. The minimum absolute atomic E-state index is 0.176. The van der Waals surface area contributed by atoms with Crippen molar-refractivity contribution in [1.82, 2.24) is 29.7 Å². The Kier molecular flexibility index (Phi) is 17.9. The van der Waals surface area contributed by atoms with Crippen LogP contribution in [-0.4, -0.2) is 137 Å². The number of carbonyl (C=O) groups excluding carboxylic acids is 2. The number of ether oxygens (including phenoxy) is 2. The Morgan fingerprint density at radius 2 is 1.40 bits per heavy atom. The minimum Gasteiger partial charge on any atom is -0.444 e. The van der Waals surface area contributed by atoms with E-state index in [1.165, 1.54) is 6.42 Å². The van der Waals surface area contributed by atoms with Gasteiger partial charge >= 0.3 is 19.8 Å². The first kappa shape index (κ1) is 46.7. The van der Waals surface area contributed by atoms with Crippen LogP contribution in [0.5, 0.6) is 0 Å². The Balaban J connectivity index is 1.26. The van der Waals surface area contributed by atoms with Crippen molar-refractivity contribution < 1.29 is 32.7 Å². The Hall–Kier alpha value is -2.94. The summed E-state index contributed by atoms with van der Waals surface area (Å²) in [5, 5.41) is 3.43. The highest BCUT2D eigenvalue weighted by atomic mass is 31.2. The molecule has 1 saturated heterocycles. The number of amides is 2. The van der Waals surface area contributed by atoms with Crippen LogP contribution in [0.3, 0.4) is 0 Å². The second-order valence-corrected chi connectivity index (χ2v) is 20.0. The minimum atomic E-state index is -3.08. The molecular formula is C40H74N9O7P. The molecule has 0 radical (unpaired) electrons. The van der Waals surface area contributed by atoms with Crippen molar-refractivity contribution in [3.8, 4) is 0 Å². The average Bonchev–Trinajstić information content (AvgIpc) is 3.14. The van der Waals surface area contributed by atoms with Gasteiger partial charge in [0, 0.05) is 64.9 Å². The van der Waals surface area contributed by atoms with Gasteiger partial charge in [0.2, 0.25) is 17.8 Å². The zero-order valence-corrected chi connectivity index (χ0v) is 37.2. The van der Waals surface area contributed by atoms with Crippen LogP contribution in [0.25, 0.3) is 0 Å². The maximum atomic E-state index is 13.5. The van der Waals surface area contributed by atoms with Gasteiger partial charge in [0.25, 0.3) is 0 Å². The quantitative estimate of drug-likeness (QED) is 0.141. The fourth-order valence-corrected chi connectivity index (χ4v) is 9.56. The van der Waals surface area contributed by atoms with Gasteiger partial charge in [-0.05, 0) is 112 Å². The number of aromatic nitrogens is 3. The standard InChI is InChI=1S/C40H74N9O7P/c1-9-53-57(52,54-10-2)28-27-46-23-25-47(26-24-46)36-44-34(41)43-35(45-36)42-29-31-17-19-32(20-18-31)30-48(37(50)55-39(3,4)5)21-14-22-49(33-15-12-11-13-16-33)38(51)56-40(6,7)8/h31-33H,9-30H2,1-8H3,(H3,41,42,43,44,45). The summed E-state index contributed by atoms with van der Waals surface area (Å²) in [5.74, 6) is 2.00. The molecule has 3 N–H and O–H groups in total. The van der Waals surface area contributed by atoms with Gasteiger partial charge in [0.05, 0.1) is 19.4 Å². The van der Waals surface area contributed by atoms with Gasteiger partial charge < -0.3 is 44.3 Å². The fourth-order valence-electron chi connectivity index (χ4n) is 7.91. The lowest BCUT2D eigenvalue weighted by molar-refractivity contribution is 0.00903. The first-order valence-electron chi connectivity index (χ1n) is 21.5. The highest BCUT2D eigenvalue weighted by molar-refractivity contribution is 7.53.